The normalized spacial score (nSPS) is 22.6. The molecule has 82 valence electrons. The van der Waals surface area contributed by atoms with Gasteiger partial charge >= 0.3 is 6.09 Å². The van der Waals surface area contributed by atoms with Crippen molar-refractivity contribution in [2.45, 2.75) is 45.3 Å². The molecule has 1 saturated heterocycles. The second-order valence-electron chi connectivity index (χ2n) is 4.62. The van der Waals surface area contributed by atoms with Crippen LogP contribution in [-0.2, 0) is 4.74 Å². The summed E-state index contributed by atoms with van der Waals surface area (Å²) < 4.78 is 5.32. The minimum absolute atomic E-state index is 0.181. The molecule has 0 spiro atoms. The molecular weight excluding hydrogens is 246 g/mol. The zero-order valence-electron chi connectivity index (χ0n) is 9.05. The monoisotopic (exact) mass is 263 g/mol. The van der Waals surface area contributed by atoms with E-state index in [1.165, 1.54) is 0 Å². The summed E-state index contributed by atoms with van der Waals surface area (Å²) in [5.74, 6) is 0. The predicted octanol–water partition coefficient (Wildman–Crippen LogP) is 2.78. The molecule has 1 heterocycles. The number of hydrogen-bond donors (Lipinski definition) is 0. The Morgan fingerprint density at radius 2 is 2.21 bits per heavy atom. The van der Waals surface area contributed by atoms with Crippen LogP contribution in [0.2, 0.25) is 0 Å². The highest BCUT2D eigenvalue weighted by Gasteiger charge is 2.31. The molecule has 1 rings (SSSR count). The molecule has 14 heavy (non-hydrogen) atoms. The number of carbonyl (C=O) groups is 1. The molecule has 1 amide bonds. The van der Waals surface area contributed by atoms with Gasteiger partial charge in [0, 0.05) is 17.9 Å². The number of rotatable bonds is 1. The van der Waals surface area contributed by atoms with Crippen LogP contribution in [0.3, 0.4) is 0 Å². The van der Waals surface area contributed by atoms with Crippen molar-refractivity contribution in [2.75, 3.05) is 11.9 Å². The van der Waals surface area contributed by atoms with Crippen molar-refractivity contribution in [3.05, 3.63) is 0 Å². The fourth-order valence-corrected chi connectivity index (χ4v) is 2.23. The molecule has 1 atom stereocenters. The topological polar surface area (TPSA) is 29.5 Å². The minimum Gasteiger partial charge on any atom is -0.444 e. The van der Waals surface area contributed by atoms with Gasteiger partial charge in [-0.05, 0) is 33.6 Å². The number of likely N-dealkylation sites (tertiary alicyclic amines) is 1. The summed E-state index contributed by atoms with van der Waals surface area (Å²) in [6, 6.07) is 0.310. The molecule has 0 unspecified atom stereocenters. The Morgan fingerprint density at radius 1 is 1.57 bits per heavy atom. The average Bonchev–Trinajstić information content (AvgIpc) is 2.47. The Hall–Kier alpha value is -0.250. The third kappa shape index (κ3) is 3.15. The van der Waals surface area contributed by atoms with Gasteiger partial charge in [-0.2, -0.15) is 0 Å². The summed E-state index contributed by atoms with van der Waals surface area (Å²) in [5, 5.41) is 0.840. The Kier molecular flexibility index (Phi) is 3.81. The van der Waals surface area contributed by atoms with Gasteiger partial charge in [0.2, 0.25) is 0 Å². The largest absolute Gasteiger partial charge is 0.444 e. The van der Waals surface area contributed by atoms with Crippen molar-refractivity contribution in [1.29, 1.82) is 0 Å². The number of alkyl halides is 1. The molecule has 1 aliphatic rings. The van der Waals surface area contributed by atoms with Gasteiger partial charge in [0.25, 0.3) is 0 Å². The van der Waals surface area contributed by atoms with Crippen LogP contribution in [-0.4, -0.2) is 34.5 Å². The smallest absolute Gasteiger partial charge is 0.410 e. The maximum absolute atomic E-state index is 11.7. The first-order chi connectivity index (χ1) is 6.44. The maximum Gasteiger partial charge on any atom is 0.410 e. The van der Waals surface area contributed by atoms with E-state index in [2.05, 4.69) is 15.9 Å². The molecular formula is C10H18BrNO2. The summed E-state index contributed by atoms with van der Waals surface area (Å²) >= 11 is 3.42. The van der Waals surface area contributed by atoms with Crippen LogP contribution in [0.5, 0.6) is 0 Å². The summed E-state index contributed by atoms with van der Waals surface area (Å²) in [4.78, 5) is 13.5. The van der Waals surface area contributed by atoms with Crippen LogP contribution in [0, 0.1) is 0 Å². The number of hydrogen-bond acceptors (Lipinski definition) is 2. The molecule has 0 N–H and O–H groups in total. The molecule has 0 bridgehead atoms. The van der Waals surface area contributed by atoms with Gasteiger partial charge in [-0.3, -0.25) is 0 Å². The highest BCUT2D eigenvalue weighted by Crippen LogP contribution is 2.21. The van der Waals surface area contributed by atoms with Crippen LogP contribution in [0.15, 0.2) is 0 Å². The van der Waals surface area contributed by atoms with Crippen LogP contribution in [0.25, 0.3) is 0 Å². The average molecular weight is 264 g/mol. The van der Waals surface area contributed by atoms with Gasteiger partial charge in [0.15, 0.2) is 0 Å². The highest BCUT2D eigenvalue weighted by atomic mass is 79.9. The summed E-state index contributed by atoms with van der Waals surface area (Å²) in [6.07, 6.45) is 1.97. The molecule has 1 aliphatic heterocycles. The van der Waals surface area contributed by atoms with Crippen LogP contribution < -0.4 is 0 Å². The first kappa shape index (κ1) is 11.8. The van der Waals surface area contributed by atoms with Crippen LogP contribution in [0.1, 0.15) is 33.6 Å². The molecule has 1 fully saturated rings. The van der Waals surface area contributed by atoms with Gasteiger partial charge in [-0.25, -0.2) is 4.79 Å². The maximum atomic E-state index is 11.7. The number of nitrogens with zero attached hydrogens (tertiary/aromatic N) is 1. The Bertz CT molecular complexity index is 213. The molecule has 0 radical (unpaired) electrons. The van der Waals surface area contributed by atoms with E-state index >= 15 is 0 Å². The molecule has 0 saturated carbocycles. The Labute approximate surface area is 93.9 Å². The third-order valence-electron chi connectivity index (χ3n) is 2.18. The Morgan fingerprint density at radius 3 is 2.71 bits per heavy atom. The van der Waals surface area contributed by atoms with E-state index in [1.807, 2.05) is 25.7 Å². The Balaban J connectivity index is 2.52. The number of halogens is 1. The summed E-state index contributed by atoms with van der Waals surface area (Å²) in [5.41, 5.74) is -0.392. The van der Waals surface area contributed by atoms with Crippen LogP contribution >= 0.6 is 15.9 Å². The summed E-state index contributed by atoms with van der Waals surface area (Å²) in [6.45, 7) is 6.50. The lowest BCUT2D eigenvalue weighted by Crippen LogP contribution is -2.40. The fourth-order valence-electron chi connectivity index (χ4n) is 1.56. The van der Waals surface area contributed by atoms with Gasteiger partial charge in [-0.1, -0.05) is 15.9 Å². The zero-order chi connectivity index (χ0) is 10.8. The fraction of sp³-hybridized carbons (Fsp3) is 0.900. The standard InChI is InChI=1S/C10H18BrNO2/c1-10(2,3)14-9(13)12-6-4-5-8(12)7-11/h8H,4-7H2,1-3H3/t8-/m1/s1. The zero-order valence-corrected chi connectivity index (χ0v) is 10.6. The quantitative estimate of drug-likeness (QED) is 0.681. The highest BCUT2D eigenvalue weighted by molar-refractivity contribution is 9.09. The minimum atomic E-state index is -0.392. The van der Waals surface area contributed by atoms with E-state index in [0.29, 0.717) is 6.04 Å². The predicted molar refractivity (Wildman–Crippen MR) is 59.8 cm³/mol. The first-order valence-corrected chi connectivity index (χ1v) is 6.12. The number of amides is 1. The summed E-state index contributed by atoms with van der Waals surface area (Å²) in [7, 11) is 0. The van der Waals surface area contributed by atoms with Gasteiger partial charge < -0.3 is 9.64 Å². The van der Waals surface area contributed by atoms with E-state index in [1.54, 1.807) is 0 Å². The van der Waals surface area contributed by atoms with Crippen molar-refractivity contribution >= 4 is 22.0 Å². The third-order valence-corrected chi connectivity index (χ3v) is 2.93. The van der Waals surface area contributed by atoms with Gasteiger partial charge in [0.1, 0.15) is 5.60 Å². The lowest BCUT2D eigenvalue weighted by Gasteiger charge is -2.27. The second-order valence-corrected chi connectivity index (χ2v) is 5.27. The van der Waals surface area contributed by atoms with Crippen molar-refractivity contribution in [1.82, 2.24) is 4.90 Å². The van der Waals surface area contributed by atoms with E-state index in [0.717, 1.165) is 24.7 Å². The van der Waals surface area contributed by atoms with Crippen LogP contribution in [0.4, 0.5) is 4.79 Å². The second kappa shape index (κ2) is 4.51. The van der Waals surface area contributed by atoms with Gasteiger partial charge in [-0.15, -0.1) is 0 Å². The molecule has 3 nitrogen and oxygen atoms in total. The van der Waals surface area contributed by atoms with E-state index in [4.69, 9.17) is 4.74 Å². The van der Waals surface area contributed by atoms with Crippen molar-refractivity contribution in [3.8, 4) is 0 Å². The van der Waals surface area contributed by atoms with Crippen molar-refractivity contribution in [2.24, 2.45) is 0 Å². The SMILES string of the molecule is CC(C)(C)OC(=O)N1CCC[C@@H]1CBr. The molecule has 0 aromatic carbocycles. The van der Waals surface area contributed by atoms with E-state index < -0.39 is 5.60 Å². The number of ether oxygens (including phenoxy) is 1. The lowest BCUT2D eigenvalue weighted by molar-refractivity contribution is 0.0242. The first-order valence-electron chi connectivity index (χ1n) is 4.99. The molecule has 0 aliphatic carbocycles. The molecule has 0 aromatic rings. The van der Waals surface area contributed by atoms with Gasteiger partial charge in [0.05, 0.1) is 0 Å². The molecule has 0 aromatic heterocycles. The lowest BCUT2D eigenvalue weighted by atomic mass is 10.2. The molecule has 4 heteroatoms. The van der Waals surface area contributed by atoms with E-state index in [9.17, 15) is 4.79 Å². The number of carbonyl (C=O) groups excluding carboxylic acids is 1. The van der Waals surface area contributed by atoms with E-state index in [-0.39, 0.29) is 6.09 Å². The van der Waals surface area contributed by atoms with Crippen molar-refractivity contribution in [3.63, 3.8) is 0 Å². The van der Waals surface area contributed by atoms with Crippen molar-refractivity contribution < 1.29 is 9.53 Å².